The third-order valence-electron chi connectivity index (χ3n) is 10.2. The quantitative estimate of drug-likeness (QED) is 0.483. The molecule has 0 radical (unpaired) electrons. The molecule has 0 unspecified atom stereocenters. The van der Waals surface area contributed by atoms with Crippen LogP contribution in [0.4, 0.5) is 4.39 Å². The molecule has 7 heteroatoms. The molecule has 2 spiro atoms. The maximum absolute atomic E-state index is 15.0. The summed E-state index contributed by atoms with van der Waals surface area (Å²) in [5.41, 5.74) is 4.11. The Morgan fingerprint density at radius 3 is 2.56 bits per heavy atom. The summed E-state index contributed by atoms with van der Waals surface area (Å²) in [5.74, 6) is 1.26. The number of rotatable bonds is 4. The maximum Gasteiger partial charge on any atom is 0.225 e. The first-order chi connectivity index (χ1) is 19.0. The van der Waals surface area contributed by atoms with Crippen LogP contribution in [-0.2, 0) is 27.0 Å². The van der Waals surface area contributed by atoms with E-state index in [4.69, 9.17) is 9.47 Å². The molecule has 0 bridgehead atoms. The molecule has 1 aliphatic carbocycles. The van der Waals surface area contributed by atoms with Crippen molar-refractivity contribution in [1.82, 2.24) is 14.8 Å². The summed E-state index contributed by atoms with van der Waals surface area (Å²) in [5, 5.41) is 1.25. The number of hydrogen-bond donors (Lipinski definition) is 1. The van der Waals surface area contributed by atoms with E-state index in [0.717, 1.165) is 75.0 Å². The molecule has 3 aliphatic heterocycles. The van der Waals surface area contributed by atoms with Gasteiger partial charge in [-0.1, -0.05) is 24.6 Å². The van der Waals surface area contributed by atoms with Crippen molar-refractivity contribution in [2.75, 3.05) is 40.0 Å². The van der Waals surface area contributed by atoms with Gasteiger partial charge in [0.25, 0.3) is 0 Å². The van der Waals surface area contributed by atoms with Crippen LogP contribution in [0.5, 0.6) is 5.75 Å². The minimum Gasteiger partial charge on any atom is -0.497 e. The summed E-state index contributed by atoms with van der Waals surface area (Å²) in [6, 6.07) is 13.5. The van der Waals surface area contributed by atoms with Gasteiger partial charge in [-0.25, -0.2) is 4.39 Å². The molecule has 3 aromatic rings. The van der Waals surface area contributed by atoms with E-state index in [1.165, 1.54) is 23.1 Å². The van der Waals surface area contributed by atoms with Gasteiger partial charge in [0.1, 0.15) is 11.6 Å². The van der Waals surface area contributed by atoms with E-state index in [9.17, 15) is 4.79 Å². The van der Waals surface area contributed by atoms with Crippen molar-refractivity contribution in [3.8, 4) is 5.75 Å². The summed E-state index contributed by atoms with van der Waals surface area (Å²) < 4.78 is 26.5. The number of ether oxygens (including phenoxy) is 2. The number of nitrogens with zero attached hydrogens (tertiary/aromatic N) is 2. The minimum atomic E-state index is -0.258. The zero-order valence-electron chi connectivity index (χ0n) is 22.8. The first-order valence-electron chi connectivity index (χ1n) is 14.6. The normalized spacial score (nSPS) is 22.7. The number of aromatic nitrogens is 1. The van der Waals surface area contributed by atoms with Crippen LogP contribution in [0.25, 0.3) is 10.9 Å². The number of H-pyrrole nitrogens is 1. The van der Waals surface area contributed by atoms with Crippen molar-refractivity contribution in [3.63, 3.8) is 0 Å². The number of halogens is 1. The summed E-state index contributed by atoms with van der Waals surface area (Å²) in [6.45, 7) is 4.32. The number of carbonyl (C=O) groups excluding carboxylic acids is 1. The number of benzene rings is 2. The van der Waals surface area contributed by atoms with Crippen molar-refractivity contribution in [1.29, 1.82) is 0 Å². The molecular formula is C32H38FN3O3. The fourth-order valence-electron chi connectivity index (χ4n) is 7.75. The van der Waals surface area contributed by atoms with Crippen LogP contribution < -0.4 is 4.74 Å². The number of carbonyl (C=O) groups is 1. The number of likely N-dealkylation sites (tertiary alicyclic amines) is 1. The van der Waals surface area contributed by atoms with Gasteiger partial charge in [-0.3, -0.25) is 9.69 Å². The molecule has 2 saturated heterocycles. The van der Waals surface area contributed by atoms with E-state index in [1.807, 2.05) is 12.1 Å². The van der Waals surface area contributed by atoms with Gasteiger partial charge >= 0.3 is 0 Å². The molecule has 4 aliphatic rings. The number of methoxy groups -OCH3 is 1. The van der Waals surface area contributed by atoms with Gasteiger partial charge in [-0.15, -0.1) is 0 Å². The highest BCUT2D eigenvalue weighted by atomic mass is 19.1. The van der Waals surface area contributed by atoms with Crippen molar-refractivity contribution in [2.45, 2.75) is 62.4 Å². The fourth-order valence-corrected chi connectivity index (χ4v) is 7.75. The molecule has 1 aromatic heterocycles. The lowest BCUT2D eigenvalue weighted by molar-refractivity contribution is -0.140. The second-order valence-corrected chi connectivity index (χ2v) is 12.1. The topological polar surface area (TPSA) is 57.8 Å². The van der Waals surface area contributed by atoms with Crippen LogP contribution in [0.1, 0.15) is 61.8 Å². The number of aromatic amines is 1. The van der Waals surface area contributed by atoms with E-state index in [0.29, 0.717) is 25.7 Å². The van der Waals surface area contributed by atoms with Crippen molar-refractivity contribution in [3.05, 3.63) is 65.1 Å². The second kappa shape index (κ2) is 9.63. The highest BCUT2D eigenvalue weighted by molar-refractivity contribution is 5.88. The Morgan fingerprint density at radius 2 is 1.87 bits per heavy atom. The number of hydrogen-bond acceptors (Lipinski definition) is 4. The van der Waals surface area contributed by atoms with E-state index in [1.54, 1.807) is 19.2 Å². The lowest BCUT2D eigenvalue weighted by atomic mass is 9.64. The average molecular weight is 532 g/mol. The summed E-state index contributed by atoms with van der Waals surface area (Å²) in [4.78, 5) is 21.7. The third-order valence-corrected chi connectivity index (χ3v) is 10.2. The number of fused-ring (bicyclic) bond motifs is 5. The maximum atomic E-state index is 15.0. The van der Waals surface area contributed by atoms with E-state index >= 15 is 4.39 Å². The highest BCUT2D eigenvalue weighted by Gasteiger charge is 2.54. The lowest BCUT2D eigenvalue weighted by Gasteiger charge is -2.57. The first-order valence-corrected chi connectivity index (χ1v) is 14.6. The molecule has 0 atom stereocenters. The van der Waals surface area contributed by atoms with Crippen molar-refractivity contribution >= 4 is 16.8 Å². The number of piperidine rings is 1. The van der Waals surface area contributed by atoms with Gasteiger partial charge < -0.3 is 19.4 Å². The van der Waals surface area contributed by atoms with Crippen LogP contribution in [-0.4, -0.2) is 60.6 Å². The molecule has 3 fully saturated rings. The fraction of sp³-hybridized carbons (Fsp3) is 0.531. The number of nitrogens with one attached hydrogen (secondary N) is 1. The molecule has 2 aromatic carbocycles. The second-order valence-electron chi connectivity index (χ2n) is 12.1. The smallest absolute Gasteiger partial charge is 0.225 e. The Bertz CT molecular complexity index is 1380. The standard InChI is InChI=1S/C32H38FN3O3/c1-38-24-9-10-25-27(19-24)34-29-28(25)31(11-15-35(16-12-31)30(37)22-6-4-7-22)21-36(32(29)13-17-39-18-14-32)20-23-5-2-3-8-26(23)33/h2-3,5,8-10,19,22,34H,4,6-7,11-18,20-21H2,1H3. The van der Waals surface area contributed by atoms with Gasteiger partial charge in [0.05, 0.1) is 12.6 Å². The van der Waals surface area contributed by atoms with E-state index < -0.39 is 0 Å². The molecule has 1 saturated carbocycles. The summed E-state index contributed by atoms with van der Waals surface area (Å²) in [7, 11) is 1.70. The van der Waals surface area contributed by atoms with Crippen LogP contribution in [0, 0.1) is 11.7 Å². The van der Waals surface area contributed by atoms with Crippen LogP contribution in [0.2, 0.25) is 0 Å². The van der Waals surface area contributed by atoms with Crippen LogP contribution >= 0.6 is 0 Å². The van der Waals surface area contributed by atoms with Gasteiger partial charge in [-0.05, 0) is 62.3 Å². The predicted molar refractivity (Wildman–Crippen MR) is 148 cm³/mol. The predicted octanol–water partition coefficient (Wildman–Crippen LogP) is 5.50. The molecule has 4 heterocycles. The summed E-state index contributed by atoms with van der Waals surface area (Å²) >= 11 is 0. The Labute approximate surface area is 229 Å². The van der Waals surface area contributed by atoms with Gasteiger partial charge in [0.2, 0.25) is 5.91 Å². The Balaban J connectivity index is 1.34. The van der Waals surface area contributed by atoms with Gasteiger partial charge in [0.15, 0.2) is 0 Å². The molecule has 206 valence electrons. The largest absolute Gasteiger partial charge is 0.497 e. The number of amides is 1. The molecule has 1 N–H and O–H groups in total. The Morgan fingerprint density at radius 1 is 1.10 bits per heavy atom. The molecule has 6 nitrogen and oxygen atoms in total. The van der Waals surface area contributed by atoms with E-state index in [-0.39, 0.29) is 22.7 Å². The zero-order chi connectivity index (χ0) is 26.6. The van der Waals surface area contributed by atoms with Crippen molar-refractivity contribution < 1.29 is 18.7 Å². The molecule has 39 heavy (non-hydrogen) atoms. The van der Waals surface area contributed by atoms with Crippen molar-refractivity contribution in [2.24, 2.45) is 5.92 Å². The summed E-state index contributed by atoms with van der Waals surface area (Å²) in [6.07, 6.45) is 6.80. The highest BCUT2D eigenvalue weighted by Crippen LogP contribution is 2.54. The Kier molecular flexibility index (Phi) is 6.20. The molecule has 1 amide bonds. The SMILES string of the molecule is COc1ccc2c3c([nH]c2c1)C1(CCOCC1)N(Cc1ccccc1F)CC31CCN(C(=O)C2CCC2)CC1. The lowest BCUT2D eigenvalue weighted by Crippen LogP contribution is -2.61. The van der Waals surface area contributed by atoms with E-state index in [2.05, 4.69) is 33.0 Å². The van der Waals surface area contributed by atoms with Gasteiger partial charge in [-0.2, -0.15) is 0 Å². The van der Waals surface area contributed by atoms with Gasteiger partial charge in [0, 0.05) is 79.0 Å². The first kappa shape index (κ1) is 25.1. The van der Waals surface area contributed by atoms with Crippen LogP contribution in [0.3, 0.4) is 0 Å². The minimum absolute atomic E-state index is 0.118. The third kappa shape index (κ3) is 4.00. The Hall–Kier alpha value is -2.90. The average Bonchev–Trinajstić information content (AvgIpc) is 3.33. The molecule has 7 rings (SSSR count). The monoisotopic (exact) mass is 531 g/mol. The molecular weight excluding hydrogens is 493 g/mol. The van der Waals surface area contributed by atoms with Crippen LogP contribution in [0.15, 0.2) is 42.5 Å². The zero-order valence-corrected chi connectivity index (χ0v) is 22.8.